The third-order valence-corrected chi connectivity index (χ3v) is 9.51. The van der Waals surface area contributed by atoms with E-state index >= 15 is 0 Å². The number of nitrogens with one attached hydrogen (secondary N) is 3. The summed E-state index contributed by atoms with van der Waals surface area (Å²) in [7, 11) is 0. The number of carbonyl (C=O) groups excluding carboxylic acids is 3. The standard InChI is InChI=1S/C41H29ClF3N3O3S/c42-34-23-18-30(41(43,44)45)25-35(34)47-40(51)37(27-11-3-1-4-12-27)52-32-21-19-31(20-22-32)46-39(50)36(48-38(49)28-13-5-2-6-14-28)24-29-16-9-15-26-10-7-8-17-33(26)29/h1-25,37H,(H,46,50)(H,47,51)(H,48,49)/b36-24-. The van der Waals surface area contributed by atoms with Crippen LogP contribution in [0.3, 0.4) is 0 Å². The molecule has 0 saturated carbocycles. The number of halogens is 4. The van der Waals surface area contributed by atoms with Crippen LogP contribution in [0.1, 0.15) is 32.3 Å². The number of anilines is 2. The van der Waals surface area contributed by atoms with Crippen LogP contribution in [0.2, 0.25) is 5.02 Å². The van der Waals surface area contributed by atoms with Crippen molar-refractivity contribution in [2.45, 2.75) is 16.3 Å². The third kappa shape index (κ3) is 8.90. The molecule has 0 radical (unpaired) electrons. The normalized spacial score (nSPS) is 12.2. The van der Waals surface area contributed by atoms with Gasteiger partial charge in [-0.15, -0.1) is 11.8 Å². The Hall–Kier alpha value is -5.84. The minimum absolute atomic E-state index is 0.0257. The molecule has 52 heavy (non-hydrogen) atoms. The van der Waals surface area contributed by atoms with Gasteiger partial charge in [0, 0.05) is 16.1 Å². The van der Waals surface area contributed by atoms with Crippen LogP contribution in [0.4, 0.5) is 24.5 Å². The van der Waals surface area contributed by atoms with Crippen molar-refractivity contribution in [1.29, 1.82) is 0 Å². The second-order valence-corrected chi connectivity index (χ2v) is 13.1. The maximum Gasteiger partial charge on any atom is 0.416 e. The van der Waals surface area contributed by atoms with Crippen molar-refractivity contribution < 1.29 is 27.6 Å². The van der Waals surface area contributed by atoms with Crippen LogP contribution in [0.5, 0.6) is 0 Å². The molecule has 0 spiro atoms. The quantitative estimate of drug-likeness (QED) is 0.0966. The molecule has 3 N–H and O–H groups in total. The van der Waals surface area contributed by atoms with Gasteiger partial charge in [-0.05, 0) is 82.6 Å². The van der Waals surface area contributed by atoms with E-state index in [0.29, 0.717) is 21.7 Å². The van der Waals surface area contributed by atoms with E-state index in [4.69, 9.17) is 11.6 Å². The molecule has 0 aliphatic rings. The molecule has 6 aromatic carbocycles. The van der Waals surface area contributed by atoms with Crippen LogP contribution in [0, 0.1) is 0 Å². The van der Waals surface area contributed by atoms with Crippen molar-refractivity contribution in [3.8, 4) is 0 Å². The maximum absolute atomic E-state index is 13.7. The van der Waals surface area contributed by atoms with Gasteiger partial charge in [-0.3, -0.25) is 14.4 Å². The lowest BCUT2D eigenvalue weighted by Crippen LogP contribution is -2.30. The second-order valence-electron chi connectivity index (χ2n) is 11.5. The first-order chi connectivity index (χ1) is 25.0. The summed E-state index contributed by atoms with van der Waals surface area (Å²) in [5.74, 6) is -1.59. The van der Waals surface area contributed by atoms with E-state index in [1.54, 1.807) is 91.0 Å². The Bertz CT molecular complexity index is 2260. The highest BCUT2D eigenvalue weighted by Gasteiger charge is 2.32. The average molecular weight is 736 g/mol. The second kappa shape index (κ2) is 16.0. The molecule has 6 aromatic rings. The lowest BCUT2D eigenvalue weighted by Gasteiger charge is -2.19. The molecule has 0 bridgehead atoms. The minimum atomic E-state index is -4.62. The molecule has 0 heterocycles. The SMILES string of the molecule is O=C(Nc1ccc(SC(C(=O)Nc2cc(C(F)(F)F)ccc2Cl)c2ccccc2)cc1)/C(=C/c1cccc2ccccc12)NC(=O)c1ccccc1. The molecule has 0 aromatic heterocycles. The molecule has 6 nitrogen and oxygen atoms in total. The van der Waals surface area contributed by atoms with Gasteiger partial charge in [0.05, 0.1) is 16.3 Å². The highest BCUT2D eigenvalue weighted by atomic mass is 35.5. The fourth-order valence-corrected chi connectivity index (χ4v) is 6.51. The van der Waals surface area contributed by atoms with Gasteiger partial charge < -0.3 is 16.0 Å². The van der Waals surface area contributed by atoms with Crippen molar-refractivity contribution >= 4 is 69.3 Å². The van der Waals surface area contributed by atoms with E-state index in [9.17, 15) is 27.6 Å². The van der Waals surface area contributed by atoms with Gasteiger partial charge in [0.15, 0.2) is 0 Å². The smallest absolute Gasteiger partial charge is 0.323 e. The van der Waals surface area contributed by atoms with Gasteiger partial charge in [-0.2, -0.15) is 13.2 Å². The summed E-state index contributed by atoms with van der Waals surface area (Å²) in [5, 5.41) is 9.13. The molecule has 0 saturated heterocycles. The maximum atomic E-state index is 13.7. The van der Waals surface area contributed by atoms with E-state index in [-0.39, 0.29) is 16.4 Å². The van der Waals surface area contributed by atoms with Gasteiger partial charge in [0.25, 0.3) is 11.8 Å². The van der Waals surface area contributed by atoms with Crippen molar-refractivity contribution in [2.24, 2.45) is 0 Å². The molecule has 0 aliphatic heterocycles. The van der Waals surface area contributed by atoms with E-state index in [1.165, 1.54) is 11.8 Å². The first-order valence-corrected chi connectivity index (χ1v) is 17.2. The van der Waals surface area contributed by atoms with Crippen LogP contribution >= 0.6 is 23.4 Å². The molecule has 11 heteroatoms. The third-order valence-electron chi connectivity index (χ3n) is 7.91. The molecule has 0 aliphatic carbocycles. The van der Waals surface area contributed by atoms with Gasteiger partial charge in [0.2, 0.25) is 5.91 Å². The molecule has 260 valence electrons. The van der Waals surface area contributed by atoms with Crippen molar-refractivity contribution in [3.63, 3.8) is 0 Å². The number of benzene rings is 6. The molecule has 6 rings (SSSR count). The Morgan fingerprint density at radius 3 is 2.08 bits per heavy atom. The van der Waals surface area contributed by atoms with Gasteiger partial charge in [-0.1, -0.05) is 103 Å². The van der Waals surface area contributed by atoms with E-state index in [1.807, 2.05) is 42.5 Å². The predicted molar refractivity (Wildman–Crippen MR) is 201 cm³/mol. The Morgan fingerprint density at radius 2 is 1.37 bits per heavy atom. The van der Waals surface area contributed by atoms with Crippen molar-refractivity contribution in [1.82, 2.24) is 5.32 Å². The zero-order chi connectivity index (χ0) is 36.7. The monoisotopic (exact) mass is 735 g/mol. The van der Waals surface area contributed by atoms with Crippen LogP contribution in [-0.4, -0.2) is 17.7 Å². The molecular formula is C41H29ClF3N3O3S. The minimum Gasteiger partial charge on any atom is -0.323 e. The largest absolute Gasteiger partial charge is 0.416 e. The predicted octanol–water partition coefficient (Wildman–Crippen LogP) is 10.4. The Balaban J connectivity index is 1.23. The summed E-state index contributed by atoms with van der Waals surface area (Å²) in [6, 6.07) is 40.2. The van der Waals surface area contributed by atoms with Crippen LogP contribution in [0.25, 0.3) is 16.8 Å². The molecule has 1 unspecified atom stereocenters. The zero-order valence-electron chi connectivity index (χ0n) is 27.2. The summed E-state index contributed by atoms with van der Waals surface area (Å²) >= 11 is 7.33. The zero-order valence-corrected chi connectivity index (χ0v) is 28.7. The Morgan fingerprint density at radius 1 is 0.712 bits per heavy atom. The Kier molecular flexibility index (Phi) is 11.1. The van der Waals surface area contributed by atoms with Gasteiger partial charge in [0.1, 0.15) is 10.9 Å². The summed E-state index contributed by atoms with van der Waals surface area (Å²) in [4.78, 5) is 41.1. The van der Waals surface area contributed by atoms with Crippen LogP contribution < -0.4 is 16.0 Å². The van der Waals surface area contributed by atoms with Crippen LogP contribution in [0.15, 0.2) is 156 Å². The topological polar surface area (TPSA) is 87.3 Å². The van der Waals surface area contributed by atoms with E-state index in [0.717, 1.165) is 34.5 Å². The first-order valence-electron chi connectivity index (χ1n) is 15.9. The fraction of sp³-hybridized carbons (Fsp3) is 0.0488. The van der Waals surface area contributed by atoms with Crippen molar-refractivity contribution in [3.05, 3.63) is 179 Å². The van der Waals surface area contributed by atoms with E-state index in [2.05, 4.69) is 16.0 Å². The lowest BCUT2D eigenvalue weighted by molar-refractivity contribution is -0.137. The van der Waals surface area contributed by atoms with Gasteiger partial charge in [-0.25, -0.2) is 0 Å². The lowest BCUT2D eigenvalue weighted by atomic mass is 10.0. The summed E-state index contributed by atoms with van der Waals surface area (Å²) in [5.41, 5.74) is 1.08. The number of alkyl halides is 3. The number of thioether (sulfide) groups is 1. The van der Waals surface area contributed by atoms with Gasteiger partial charge >= 0.3 is 6.18 Å². The molecule has 0 fully saturated rings. The molecule has 3 amide bonds. The van der Waals surface area contributed by atoms with E-state index < -0.39 is 34.7 Å². The summed E-state index contributed by atoms with van der Waals surface area (Å²) in [6.07, 6.45) is -2.99. The molecule has 1 atom stereocenters. The average Bonchev–Trinajstić information content (AvgIpc) is 3.15. The highest BCUT2D eigenvalue weighted by Crippen LogP contribution is 2.39. The number of rotatable bonds is 10. The van der Waals surface area contributed by atoms with Crippen molar-refractivity contribution in [2.75, 3.05) is 10.6 Å². The highest BCUT2D eigenvalue weighted by molar-refractivity contribution is 8.00. The summed E-state index contributed by atoms with van der Waals surface area (Å²) in [6.45, 7) is 0. The first kappa shape index (κ1) is 36.0. The number of hydrogen-bond donors (Lipinski definition) is 3. The van der Waals surface area contributed by atoms with Crippen LogP contribution in [-0.2, 0) is 15.8 Å². The number of amides is 3. The number of carbonyl (C=O) groups is 3. The number of hydrogen-bond acceptors (Lipinski definition) is 4. The summed E-state index contributed by atoms with van der Waals surface area (Å²) < 4.78 is 40.1. The number of fused-ring (bicyclic) bond motifs is 1. The fourth-order valence-electron chi connectivity index (χ4n) is 5.32. The molecular weight excluding hydrogens is 707 g/mol. The Labute approximate surface area is 306 Å².